The number of nitrogens with one attached hydrogen (secondary N) is 1. The van der Waals surface area contributed by atoms with E-state index in [0.29, 0.717) is 19.7 Å². The van der Waals surface area contributed by atoms with Crippen molar-refractivity contribution in [1.29, 1.82) is 0 Å². The van der Waals surface area contributed by atoms with Gasteiger partial charge in [0.15, 0.2) is 0 Å². The van der Waals surface area contributed by atoms with E-state index in [0.717, 1.165) is 38.5 Å². The fourth-order valence-electron chi connectivity index (χ4n) is 2.92. The van der Waals surface area contributed by atoms with Crippen molar-refractivity contribution in [3.05, 3.63) is 0 Å². The maximum atomic E-state index is 12.0. The Hall–Kier alpha value is -0.170. The van der Waals surface area contributed by atoms with Gasteiger partial charge in [0.05, 0.1) is 11.9 Å². The monoisotopic (exact) mass is 276 g/mol. The second-order valence-corrected chi connectivity index (χ2v) is 7.50. The first-order valence-electron chi connectivity index (χ1n) is 6.84. The Kier molecular flexibility index (Phi) is 4.64. The van der Waals surface area contributed by atoms with Crippen molar-refractivity contribution in [1.82, 2.24) is 4.72 Å². The molecule has 106 valence electrons. The molecule has 1 aliphatic heterocycles. The molecule has 0 amide bonds. The van der Waals surface area contributed by atoms with Crippen LogP contribution < -0.4 is 10.5 Å². The maximum absolute atomic E-state index is 12.0. The minimum Gasteiger partial charge on any atom is -0.377 e. The molecule has 1 heterocycles. The minimum atomic E-state index is -3.23. The molecule has 1 aliphatic carbocycles. The van der Waals surface area contributed by atoms with Gasteiger partial charge in [-0.15, -0.1) is 0 Å². The summed E-state index contributed by atoms with van der Waals surface area (Å²) in [6.07, 6.45) is 6.07. The summed E-state index contributed by atoms with van der Waals surface area (Å²) in [7, 11) is -3.23. The Bertz CT molecular complexity index is 358. The molecule has 1 unspecified atom stereocenters. The third-order valence-corrected chi connectivity index (χ3v) is 5.59. The van der Waals surface area contributed by atoms with E-state index in [1.165, 1.54) is 0 Å². The van der Waals surface area contributed by atoms with Gasteiger partial charge in [-0.1, -0.05) is 12.8 Å². The largest absolute Gasteiger partial charge is 0.377 e. The molecule has 5 nitrogen and oxygen atoms in total. The number of ether oxygens (including phenoxy) is 1. The molecule has 18 heavy (non-hydrogen) atoms. The molecule has 2 fully saturated rings. The van der Waals surface area contributed by atoms with Gasteiger partial charge >= 0.3 is 0 Å². The molecule has 0 spiro atoms. The number of nitrogens with two attached hydrogens (primary N) is 1. The first-order chi connectivity index (χ1) is 8.55. The fraction of sp³-hybridized carbons (Fsp3) is 1.00. The molecule has 2 rings (SSSR count). The van der Waals surface area contributed by atoms with Crippen LogP contribution >= 0.6 is 0 Å². The zero-order valence-corrected chi connectivity index (χ0v) is 11.7. The van der Waals surface area contributed by atoms with E-state index in [2.05, 4.69) is 4.72 Å². The summed E-state index contributed by atoms with van der Waals surface area (Å²) in [5.41, 5.74) is 5.79. The Morgan fingerprint density at radius 2 is 2.00 bits per heavy atom. The van der Waals surface area contributed by atoms with Crippen LogP contribution in [0.3, 0.4) is 0 Å². The summed E-state index contributed by atoms with van der Waals surface area (Å²) in [6, 6.07) is 0. The topological polar surface area (TPSA) is 81.4 Å². The second kappa shape index (κ2) is 5.86. The Labute approximate surface area is 110 Å². The van der Waals surface area contributed by atoms with Crippen molar-refractivity contribution in [2.24, 2.45) is 11.1 Å². The van der Waals surface area contributed by atoms with Crippen molar-refractivity contribution in [2.45, 2.75) is 44.6 Å². The average molecular weight is 276 g/mol. The van der Waals surface area contributed by atoms with E-state index in [4.69, 9.17) is 10.5 Å². The van der Waals surface area contributed by atoms with E-state index in [9.17, 15) is 8.42 Å². The van der Waals surface area contributed by atoms with Gasteiger partial charge in [0.1, 0.15) is 0 Å². The van der Waals surface area contributed by atoms with Crippen LogP contribution in [0.15, 0.2) is 0 Å². The highest BCUT2D eigenvalue weighted by Crippen LogP contribution is 2.36. The molecular formula is C12H24N2O3S. The summed E-state index contributed by atoms with van der Waals surface area (Å²) in [5.74, 6) is 0.0909. The standard InChI is InChI=1S/C12H24N2O3S/c13-9-12(5-1-2-6-12)10-14-18(15,16)8-11-4-3-7-17-11/h11,14H,1-10,13H2. The first-order valence-corrected chi connectivity index (χ1v) is 8.50. The average Bonchev–Trinajstić information content (AvgIpc) is 2.97. The molecule has 0 aromatic rings. The highest BCUT2D eigenvalue weighted by Gasteiger charge is 2.34. The van der Waals surface area contributed by atoms with Crippen LogP contribution in [0, 0.1) is 5.41 Å². The second-order valence-electron chi connectivity index (χ2n) is 5.65. The molecular weight excluding hydrogens is 252 g/mol. The summed E-state index contributed by atoms with van der Waals surface area (Å²) >= 11 is 0. The third kappa shape index (κ3) is 3.66. The van der Waals surface area contributed by atoms with Crippen molar-refractivity contribution >= 4 is 10.0 Å². The zero-order chi connectivity index (χ0) is 13.1. The fourth-order valence-corrected chi connectivity index (χ4v) is 4.32. The van der Waals surface area contributed by atoms with Crippen LogP contribution in [0.4, 0.5) is 0 Å². The summed E-state index contributed by atoms with van der Waals surface area (Å²) in [5, 5.41) is 0. The van der Waals surface area contributed by atoms with Gasteiger partial charge in [0, 0.05) is 13.2 Å². The molecule has 0 radical (unpaired) electrons. The SMILES string of the molecule is NCC1(CNS(=O)(=O)CC2CCCO2)CCCC1. The number of hydrogen-bond donors (Lipinski definition) is 2. The van der Waals surface area contributed by atoms with E-state index < -0.39 is 10.0 Å². The van der Waals surface area contributed by atoms with Gasteiger partial charge < -0.3 is 10.5 Å². The Morgan fingerprint density at radius 1 is 1.28 bits per heavy atom. The third-order valence-electron chi connectivity index (χ3n) is 4.19. The highest BCUT2D eigenvalue weighted by atomic mass is 32.2. The molecule has 0 aromatic carbocycles. The molecule has 1 atom stereocenters. The lowest BCUT2D eigenvalue weighted by Gasteiger charge is -2.27. The lowest BCUT2D eigenvalue weighted by Crippen LogP contribution is -2.42. The van der Waals surface area contributed by atoms with Crippen LogP contribution in [0.25, 0.3) is 0 Å². The van der Waals surface area contributed by atoms with Crippen LogP contribution in [-0.2, 0) is 14.8 Å². The molecule has 2 aliphatic rings. The van der Waals surface area contributed by atoms with E-state index in [-0.39, 0.29) is 17.3 Å². The van der Waals surface area contributed by atoms with Gasteiger partial charge in [-0.3, -0.25) is 0 Å². The molecule has 1 saturated heterocycles. The predicted octanol–water partition coefficient (Wildman–Crippen LogP) is 0.604. The zero-order valence-electron chi connectivity index (χ0n) is 10.9. The van der Waals surface area contributed by atoms with Crippen LogP contribution in [0.5, 0.6) is 0 Å². The van der Waals surface area contributed by atoms with Crippen molar-refractivity contribution < 1.29 is 13.2 Å². The van der Waals surface area contributed by atoms with Crippen molar-refractivity contribution in [2.75, 3.05) is 25.4 Å². The number of rotatable bonds is 6. The minimum absolute atomic E-state index is 0.0103. The van der Waals surface area contributed by atoms with E-state index >= 15 is 0 Å². The van der Waals surface area contributed by atoms with Crippen molar-refractivity contribution in [3.8, 4) is 0 Å². The Morgan fingerprint density at radius 3 is 2.56 bits per heavy atom. The maximum Gasteiger partial charge on any atom is 0.214 e. The number of sulfonamides is 1. The molecule has 1 saturated carbocycles. The normalized spacial score (nSPS) is 27.7. The summed E-state index contributed by atoms with van der Waals surface area (Å²) < 4.78 is 32.0. The van der Waals surface area contributed by atoms with Crippen LogP contribution in [0.2, 0.25) is 0 Å². The van der Waals surface area contributed by atoms with Crippen LogP contribution in [-0.4, -0.2) is 40.0 Å². The van der Waals surface area contributed by atoms with Gasteiger partial charge in [0.2, 0.25) is 10.0 Å². The predicted molar refractivity (Wildman–Crippen MR) is 70.7 cm³/mol. The molecule has 3 N–H and O–H groups in total. The van der Waals surface area contributed by atoms with Crippen LogP contribution in [0.1, 0.15) is 38.5 Å². The Balaban J connectivity index is 1.83. The number of hydrogen-bond acceptors (Lipinski definition) is 4. The molecule has 0 bridgehead atoms. The van der Waals surface area contributed by atoms with E-state index in [1.807, 2.05) is 0 Å². The first kappa shape index (κ1) is 14.2. The lowest BCUT2D eigenvalue weighted by molar-refractivity contribution is 0.127. The van der Waals surface area contributed by atoms with Gasteiger partial charge in [0.25, 0.3) is 0 Å². The molecule has 0 aromatic heterocycles. The lowest BCUT2D eigenvalue weighted by atomic mass is 9.87. The quantitative estimate of drug-likeness (QED) is 0.744. The summed E-state index contributed by atoms with van der Waals surface area (Å²) in [6.45, 7) is 1.74. The summed E-state index contributed by atoms with van der Waals surface area (Å²) in [4.78, 5) is 0. The highest BCUT2D eigenvalue weighted by molar-refractivity contribution is 7.89. The van der Waals surface area contributed by atoms with Gasteiger partial charge in [-0.2, -0.15) is 0 Å². The van der Waals surface area contributed by atoms with E-state index in [1.54, 1.807) is 0 Å². The molecule has 6 heteroatoms. The van der Waals surface area contributed by atoms with Crippen molar-refractivity contribution in [3.63, 3.8) is 0 Å². The van der Waals surface area contributed by atoms with Gasteiger partial charge in [-0.25, -0.2) is 13.1 Å². The van der Waals surface area contributed by atoms with Gasteiger partial charge in [-0.05, 0) is 37.6 Å². The smallest absolute Gasteiger partial charge is 0.214 e.